The van der Waals surface area contributed by atoms with Gasteiger partial charge in [0.2, 0.25) is 6.41 Å². The van der Waals surface area contributed by atoms with Crippen LogP contribution in [0.2, 0.25) is 0 Å². The average Bonchev–Trinajstić information content (AvgIpc) is 2.73. The van der Waals surface area contributed by atoms with Gasteiger partial charge in [0.25, 0.3) is 5.91 Å². The fourth-order valence-corrected chi connectivity index (χ4v) is 1.69. The first-order valence-corrected chi connectivity index (χ1v) is 7.80. The van der Waals surface area contributed by atoms with Crippen LogP contribution < -0.4 is 16.5 Å². The molecule has 2 aromatic rings. The molecule has 0 unspecified atom stereocenters. The van der Waals surface area contributed by atoms with E-state index in [0.29, 0.717) is 11.3 Å². The second kappa shape index (κ2) is 14.7. The topological polar surface area (TPSA) is 125 Å². The summed E-state index contributed by atoms with van der Waals surface area (Å²) in [4.78, 5) is 20.5. The summed E-state index contributed by atoms with van der Waals surface area (Å²) in [6.45, 7) is 6.18. The lowest BCUT2D eigenvalue weighted by Crippen LogP contribution is -2.26. The Labute approximate surface area is 158 Å². The van der Waals surface area contributed by atoms with Crippen LogP contribution in [-0.4, -0.2) is 35.8 Å². The molecule has 6 N–H and O–H groups in total. The van der Waals surface area contributed by atoms with E-state index in [-0.39, 0.29) is 25.5 Å². The fourth-order valence-electron chi connectivity index (χ4n) is 1.69. The highest BCUT2D eigenvalue weighted by Crippen LogP contribution is 2.06. The summed E-state index contributed by atoms with van der Waals surface area (Å²) in [5.74, 6) is 5.85. The SMILES string of the molecule is C=C.Nc1ccc(C#Cc2ccc(C(=O)NCCO)cc2)cc1.O=CNO. The summed E-state index contributed by atoms with van der Waals surface area (Å²) in [5.41, 5.74) is 9.82. The molecule has 0 aliphatic rings. The standard InChI is InChI=1S/C17H16N2O2.C2H4.CH3NO2/c18-16-9-5-14(6-10-16)2-1-13-3-7-15(8-4-13)17(21)19-11-12-20;1-2;3-1-2-4/h3-10,20H,11-12,18H2,(H,19,21);1-2H2;1,4H,(H,2,3). The van der Waals surface area contributed by atoms with E-state index >= 15 is 0 Å². The van der Waals surface area contributed by atoms with Crippen LogP contribution >= 0.6 is 0 Å². The maximum atomic E-state index is 11.7. The van der Waals surface area contributed by atoms with E-state index in [4.69, 9.17) is 20.8 Å². The molecular weight excluding hydrogens is 346 g/mol. The van der Waals surface area contributed by atoms with Gasteiger partial charge in [-0.15, -0.1) is 13.2 Å². The maximum Gasteiger partial charge on any atom is 0.251 e. The van der Waals surface area contributed by atoms with Crippen molar-refractivity contribution < 1.29 is 19.9 Å². The Bertz CT molecular complexity index is 748. The maximum absolute atomic E-state index is 11.7. The number of aliphatic hydroxyl groups excluding tert-OH is 1. The number of hydrogen-bond donors (Lipinski definition) is 5. The molecule has 0 aromatic heterocycles. The molecular formula is C20H23N3O4. The van der Waals surface area contributed by atoms with Gasteiger partial charge in [-0.2, -0.15) is 0 Å². The van der Waals surface area contributed by atoms with Crippen LogP contribution in [0.5, 0.6) is 0 Å². The predicted octanol–water partition coefficient (Wildman–Crippen LogP) is 1.31. The zero-order valence-corrected chi connectivity index (χ0v) is 14.8. The molecule has 2 rings (SSSR count). The minimum atomic E-state index is -0.206. The Morgan fingerprint density at radius 2 is 1.48 bits per heavy atom. The zero-order chi connectivity index (χ0) is 20.5. The lowest BCUT2D eigenvalue weighted by atomic mass is 10.1. The number of hydrogen-bond acceptors (Lipinski definition) is 5. The van der Waals surface area contributed by atoms with Crippen LogP contribution in [-0.2, 0) is 4.79 Å². The first-order chi connectivity index (χ1) is 13.1. The van der Waals surface area contributed by atoms with Crippen molar-refractivity contribution in [2.45, 2.75) is 0 Å². The number of benzene rings is 2. The summed E-state index contributed by atoms with van der Waals surface area (Å²) in [7, 11) is 0. The highest BCUT2D eigenvalue weighted by atomic mass is 16.5. The molecule has 0 saturated carbocycles. The Balaban J connectivity index is 0.000000998. The number of hydroxylamine groups is 1. The minimum Gasteiger partial charge on any atom is -0.399 e. The largest absolute Gasteiger partial charge is 0.399 e. The second-order valence-corrected chi connectivity index (χ2v) is 4.68. The first kappa shape index (κ1) is 23.4. The van der Waals surface area contributed by atoms with Gasteiger partial charge in [0.1, 0.15) is 0 Å². The van der Waals surface area contributed by atoms with Crippen LogP contribution in [0.15, 0.2) is 61.7 Å². The number of aliphatic hydroxyl groups is 1. The molecule has 0 heterocycles. The van der Waals surface area contributed by atoms with Crippen LogP contribution in [0, 0.1) is 11.8 Å². The van der Waals surface area contributed by atoms with Crippen LogP contribution in [0.3, 0.4) is 0 Å². The van der Waals surface area contributed by atoms with Crippen molar-refractivity contribution in [3.63, 3.8) is 0 Å². The highest BCUT2D eigenvalue weighted by molar-refractivity contribution is 5.94. The summed E-state index contributed by atoms with van der Waals surface area (Å²) in [5, 5.41) is 18.5. The van der Waals surface area contributed by atoms with Gasteiger partial charge in [-0.3, -0.25) is 14.8 Å². The van der Waals surface area contributed by atoms with Gasteiger partial charge < -0.3 is 16.2 Å². The molecule has 0 radical (unpaired) electrons. The molecule has 0 bridgehead atoms. The molecule has 0 saturated heterocycles. The third kappa shape index (κ3) is 10.1. The summed E-state index contributed by atoms with van der Waals surface area (Å²) >= 11 is 0. The number of nitrogens with two attached hydrogens (primary N) is 1. The van der Waals surface area contributed by atoms with Crippen LogP contribution in [0.1, 0.15) is 21.5 Å². The monoisotopic (exact) mass is 369 g/mol. The summed E-state index contributed by atoms with van der Waals surface area (Å²) in [6, 6.07) is 14.3. The molecule has 0 spiro atoms. The van der Waals surface area contributed by atoms with Crippen molar-refractivity contribution in [2.24, 2.45) is 0 Å². The number of nitrogens with one attached hydrogen (secondary N) is 2. The average molecular weight is 369 g/mol. The van der Waals surface area contributed by atoms with E-state index in [1.165, 1.54) is 5.48 Å². The van der Waals surface area contributed by atoms with Crippen molar-refractivity contribution in [1.29, 1.82) is 0 Å². The predicted molar refractivity (Wildman–Crippen MR) is 105 cm³/mol. The molecule has 0 aliphatic heterocycles. The molecule has 0 aliphatic carbocycles. The zero-order valence-electron chi connectivity index (χ0n) is 14.8. The van der Waals surface area contributed by atoms with Gasteiger partial charge >= 0.3 is 0 Å². The minimum absolute atomic E-state index is 0.0725. The van der Waals surface area contributed by atoms with Crippen molar-refractivity contribution >= 4 is 18.0 Å². The van der Waals surface area contributed by atoms with Gasteiger partial charge in [0.05, 0.1) is 6.61 Å². The highest BCUT2D eigenvalue weighted by Gasteiger charge is 2.03. The molecule has 27 heavy (non-hydrogen) atoms. The molecule has 2 amide bonds. The van der Waals surface area contributed by atoms with E-state index < -0.39 is 0 Å². The van der Waals surface area contributed by atoms with E-state index in [1.807, 2.05) is 12.1 Å². The quantitative estimate of drug-likeness (QED) is 0.139. The molecule has 142 valence electrons. The number of carbonyl (C=O) groups is 2. The Kier molecular flexibility index (Phi) is 12.8. The Hall–Kier alpha value is -3.60. The number of nitrogen functional groups attached to an aromatic ring is 1. The molecule has 0 fully saturated rings. The first-order valence-electron chi connectivity index (χ1n) is 7.80. The van der Waals surface area contributed by atoms with Gasteiger partial charge in [0.15, 0.2) is 0 Å². The number of rotatable bonds is 4. The molecule has 0 atom stereocenters. The van der Waals surface area contributed by atoms with E-state index in [1.54, 1.807) is 36.4 Å². The summed E-state index contributed by atoms with van der Waals surface area (Å²) < 4.78 is 0. The lowest BCUT2D eigenvalue weighted by Gasteiger charge is -2.02. The van der Waals surface area contributed by atoms with E-state index in [9.17, 15) is 4.79 Å². The fraction of sp³-hybridized carbons (Fsp3) is 0.100. The van der Waals surface area contributed by atoms with Crippen molar-refractivity contribution in [2.75, 3.05) is 18.9 Å². The third-order valence-corrected chi connectivity index (χ3v) is 2.86. The molecule has 2 aromatic carbocycles. The van der Waals surface area contributed by atoms with E-state index in [0.717, 1.165) is 11.1 Å². The molecule has 7 heteroatoms. The van der Waals surface area contributed by atoms with Crippen molar-refractivity contribution in [3.8, 4) is 11.8 Å². The normalized spacial score (nSPS) is 8.37. The van der Waals surface area contributed by atoms with Gasteiger partial charge in [-0.25, -0.2) is 5.48 Å². The Morgan fingerprint density at radius 3 is 1.89 bits per heavy atom. The van der Waals surface area contributed by atoms with Crippen molar-refractivity contribution in [1.82, 2.24) is 10.8 Å². The van der Waals surface area contributed by atoms with Gasteiger partial charge in [0, 0.05) is 28.9 Å². The Morgan fingerprint density at radius 1 is 1.04 bits per heavy atom. The van der Waals surface area contributed by atoms with Crippen LogP contribution in [0.25, 0.3) is 0 Å². The summed E-state index contributed by atoms with van der Waals surface area (Å²) in [6.07, 6.45) is 0.181. The smallest absolute Gasteiger partial charge is 0.251 e. The number of carbonyl (C=O) groups excluding carboxylic acids is 2. The van der Waals surface area contributed by atoms with Crippen molar-refractivity contribution in [3.05, 3.63) is 78.4 Å². The number of anilines is 1. The van der Waals surface area contributed by atoms with Gasteiger partial charge in [-0.05, 0) is 48.5 Å². The number of amides is 2. The third-order valence-electron chi connectivity index (χ3n) is 2.86. The van der Waals surface area contributed by atoms with Crippen LogP contribution in [0.4, 0.5) is 5.69 Å². The molecule has 7 nitrogen and oxygen atoms in total. The van der Waals surface area contributed by atoms with Gasteiger partial charge in [-0.1, -0.05) is 11.8 Å². The second-order valence-electron chi connectivity index (χ2n) is 4.68. The lowest BCUT2D eigenvalue weighted by molar-refractivity contribution is -0.116. The van der Waals surface area contributed by atoms with E-state index in [2.05, 4.69) is 30.3 Å².